The van der Waals surface area contributed by atoms with Crippen molar-refractivity contribution < 1.29 is 9.21 Å². The van der Waals surface area contributed by atoms with E-state index in [0.717, 1.165) is 6.42 Å². The van der Waals surface area contributed by atoms with Crippen LogP contribution in [0.2, 0.25) is 0 Å². The van der Waals surface area contributed by atoms with Gasteiger partial charge in [0.05, 0.1) is 6.26 Å². The van der Waals surface area contributed by atoms with Gasteiger partial charge in [0.25, 0.3) is 5.91 Å². The number of carbonyl (C=O) groups is 1. The molecule has 2 rings (SSSR count). The van der Waals surface area contributed by atoms with Gasteiger partial charge in [-0.15, -0.1) is 0 Å². The molecule has 1 N–H and O–H groups in total. The van der Waals surface area contributed by atoms with Crippen molar-refractivity contribution >= 4 is 11.6 Å². The Morgan fingerprint density at radius 1 is 1.26 bits per heavy atom. The molecule has 0 unspecified atom stereocenters. The average Bonchev–Trinajstić information content (AvgIpc) is 2.98. The van der Waals surface area contributed by atoms with E-state index in [1.54, 1.807) is 37.5 Å². The maximum absolute atomic E-state index is 11.9. The molecule has 98 valence electrons. The Bertz CT molecular complexity index is 569. The fourth-order valence-electron chi connectivity index (χ4n) is 1.63. The van der Waals surface area contributed by atoms with Gasteiger partial charge in [0.2, 0.25) is 0 Å². The predicted octanol–water partition coefficient (Wildman–Crippen LogP) is 3.00. The minimum atomic E-state index is -0.228. The molecule has 0 radical (unpaired) electrons. The fraction of sp³-hybridized carbons (Fsp3) is 0.200. The first-order valence-electron chi connectivity index (χ1n) is 6.18. The number of carbonyl (C=O) groups excluding carboxylic acids is 1. The van der Waals surface area contributed by atoms with Crippen molar-refractivity contribution in [3.8, 4) is 0 Å². The first-order valence-corrected chi connectivity index (χ1v) is 6.18. The van der Waals surface area contributed by atoms with E-state index >= 15 is 0 Å². The maximum Gasteiger partial charge on any atom is 0.271 e. The number of nitrogens with one attached hydrogen (secondary N) is 1. The van der Waals surface area contributed by atoms with E-state index in [4.69, 9.17) is 4.42 Å². The Morgan fingerprint density at radius 3 is 2.58 bits per heavy atom. The van der Waals surface area contributed by atoms with E-state index in [9.17, 15) is 4.79 Å². The summed E-state index contributed by atoms with van der Waals surface area (Å²) in [6.07, 6.45) is 2.53. The van der Waals surface area contributed by atoms with Crippen molar-refractivity contribution in [2.45, 2.75) is 20.3 Å². The lowest BCUT2D eigenvalue weighted by Gasteiger charge is -2.02. The Balaban J connectivity index is 2.02. The summed E-state index contributed by atoms with van der Waals surface area (Å²) >= 11 is 0. The number of hydrazone groups is 1. The highest BCUT2D eigenvalue weighted by Gasteiger charge is 2.05. The second-order valence-electron chi connectivity index (χ2n) is 4.17. The SMILES string of the molecule is CCc1ccc(C(=O)N/N=C(/C)c2ccco2)cc1. The molecule has 4 nitrogen and oxygen atoms in total. The van der Waals surface area contributed by atoms with Gasteiger partial charge in [0.1, 0.15) is 11.5 Å². The third-order valence-electron chi connectivity index (χ3n) is 2.83. The lowest BCUT2D eigenvalue weighted by molar-refractivity contribution is 0.0955. The van der Waals surface area contributed by atoms with Crippen LogP contribution in [0.4, 0.5) is 0 Å². The number of rotatable bonds is 4. The molecule has 2 aromatic rings. The second kappa shape index (κ2) is 6.00. The number of aryl methyl sites for hydroxylation is 1. The highest BCUT2D eigenvalue weighted by molar-refractivity contribution is 5.99. The van der Waals surface area contributed by atoms with E-state index in [0.29, 0.717) is 17.0 Å². The van der Waals surface area contributed by atoms with E-state index in [1.165, 1.54) is 5.56 Å². The molecule has 1 aromatic heterocycles. The molecule has 0 bridgehead atoms. The molecule has 1 amide bonds. The summed E-state index contributed by atoms with van der Waals surface area (Å²) in [6.45, 7) is 3.85. The zero-order valence-corrected chi connectivity index (χ0v) is 11.0. The van der Waals surface area contributed by atoms with Crippen molar-refractivity contribution in [3.05, 3.63) is 59.5 Å². The van der Waals surface area contributed by atoms with Crippen LogP contribution in [0.5, 0.6) is 0 Å². The van der Waals surface area contributed by atoms with Gasteiger partial charge in [-0.3, -0.25) is 4.79 Å². The molecule has 1 heterocycles. The summed E-state index contributed by atoms with van der Waals surface area (Å²) in [6, 6.07) is 11.1. The number of benzene rings is 1. The number of hydrogen-bond acceptors (Lipinski definition) is 3. The normalized spacial score (nSPS) is 11.4. The van der Waals surface area contributed by atoms with E-state index in [1.807, 2.05) is 12.1 Å². The quantitative estimate of drug-likeness (QED) is 0.675. The Morgan fingerprint density at radius 2 is 2.00 bits per heavy atom. The minimum Gasteiger partial charge on any atom is -0.463 e. The van der Waals surface area contributed by atoms with Crippen LogP contribution < -0.4 is 5.43 Å². The zero-order chi connectivity index (χ0) is 13.7. The molecule has 1 aromatic carbocycles. The fourth-order valence-corrected chi connectivity index (χ4v) is 1.63. The number of furan rings is 1. The molecule has 4 heteroatoms. The van der Waals surface area contributed by atoms with Gasteiger partial charge in [-0.1, -0.05) is 19.1 Å². The van der Waals surface area contributed by atoms with Crippen LogP contribution in [0.3, 0.4) is 0 Å². The van der Waals surface area contributed by atoms with E-state index in [2.05, 4.69) is 17.5 Å². The van der Waals surface area contributed by atoms with Crippen molar-refractivity contribution in [3.63, 3.8) is 0 Å². The van der Waals surface area contributed by atoms with Crippen LogP contribution in [0.1, 0.15) is 35.5 Å². The molecule has 0 aliphatic rings. The smallest absolute Gasteiger partial charge is 0.271 e. The van der Waals surface area contributed by atoms with Gasteiger partial charge in [-0.05, 0) is 43.2 Å². The molecule has 19 heavy (non-hydrogen) atoms. The van der Waals surface area contributed by atoms with E-state index < -0.39 is 0 Å². The van der Waals surface area contributed by atoms with Crippen LogP contribution in [-0.4, -0.2) is 11.6 Å². The van der Waals surface area contributed by atoms with Gasteiger partial charge >= 0.3 is 0 Å². The van der Waals surface area contributed by atoms with E-state index in [-0.39, 0.29) is 5.91 Å². The first kappa shape index (κ1) is 13.1. The van der Waals surface area contributed by atoms with Crippen LogP contribution in [0.25, 0.3) is 0 Å². The molecule has 0 saturated carbocycles. The third kappa shape index (κ3) is 3.31. The molecule has 0 atom stereocenters. The topological polar surface area (TPSA) is 54.6 Å². The summed E-state index contributed by atoms with van der Waals surface area (Å²) in [7, 11) is 0. The molecule has 0 saturated heterocycles. The molecule has 0 spiro atoms. The summed E-state index contributed by atoms with van der Waals surface area (Å²) in [5.74, 6) is 0.412. The Kier molecular flexibility index (Phi) is 4.13. The highest BCUT2D eigenvalue weighted by atomic mass is 16.3. The van der Waals surface area contributed by atoms with Gasteiger partial charge in [0, 0.05) is 5.56 Å². The zero-order valence-electron chi connectivity index (χ0n) is 11.0. The van der Waals surface area contributed by atoms with Crippen molar-refractivity contribution in [1.82, 2.24) is 5.43 Å². The van der Waals surface area contributed by atoms with Gasteiger partial charge < -0.3 is 4.42 Å². The Labute approximate surface area is 112 Å². The largest absolute Gasteiger partial charge is 0.463 e. The monoisotopic (exact) mass is 256 g/mol. The minimum absolute atomic E-state index is 0.228. The first-order chi connectivity index (χ1) is 9.20. The van der Waals surface area contributed by atoms with Gasteiger partial charge in [0.15, 0.2) is 0 Å². The summed E-state index contributed by atoms with van der Waals surface area (Å²) in [4.78, 5) is 11.9. The number of hydrogen-bond donors (Lipinski definition) is 1. The summed E-state index contributed by atoms with van der Waals surface area (Å²) in [5.41, 5.74) is 4.93. The average molecular weight is 256 g/mol. The predicted molar refractivity (Wildman–Crippen MR) is 74.2 cm³/mol. The van der Waals surface area contributed by atoms with Gasteiger partial charge in [-0.2, -0.15) is 5.10 Å². The third-order valence-corrected chi connectivity index (χ3v) is 2.83. The lowest BCUT2D eigenvalue weighted by atomic mass is 10.1. The van der Waals surface area contributed by atoms with Gasteiger partial charge in [-0.25, -0.2) is 5.43 Å². The molecule has 0 aliphatic heterocycles. The van der Waals surface area contributed by atoms with Crippen LogP contribution in [-0.2, 0) is 6.42 Å². The van der Waals surface area contributed by atoms with Crippen LogP contribution in [0.15, 0.2) is 52.2 Å². The summed E-state index contributed by atoms with van der Waals surface area (Å²) in [5, 5.41) is 4.01. The Hall–Kier alpha value is -2.36. The van der Waals surface area contributed by atoms with Crippen molar-refractivity contribution in [2.24, 2.45) is 5.10 Å². The molecule has 0 fully saturated rings. The molecular weight excluding hydrogens is 240 g/mol. The highest BCUT2D eigenvalue weighted by Crippen LogP contribution is 2.05. The van der Waals surface area contributed by atoms with Crippen molar-refractivity contribution in [1.29, 1.82) is 0 Å². The summed E-state index contributed by atoms with van der Waals surface area (Å²) < 4.78 is 5.18. The number of nitrogens with zero attached hydrogens (tertiary/aromatic N) is 1. The molecule has 0 aliphatic carbocycles. The van der Waals surface area contributed by atoms with Crippen LogP contribution in [0, 0.1) is 0 Å². The van der Waals surface area contributed by atoms with Crippen molar-refractivity contribution in [2.75, 3.05) is 0 Å². The molecular formula is C15H16N2O2. The standard InChI is InChI=1S/C15H16N2O2/c1-3-12-6-8-13(9-7-12)15(18)17-16-11(2)14-5-4-10-19-14/h4-10H,3H2,1-2H3,(H,17,18)/b16-11-. The second-order valence-corrected chi connectivity index (χ2v) is 4.17. The maximum atomic E-state index is 11.9. The number of amides is 1. The lowest BCUT2D eigenvalue weighted by Crippen LogP contribution is -2.19. The van der Waals surface area contributed by atoms with Crippen LogP contribution >= 0.6 is 0 Å².